The summed E-state index contributed by atoms with van der Waals surface area (Å²) >= 11 is 0. The van der Waals surface area contributed by atoms with Crippen LogP contribution in [0.1, 0.15) is 18.4 Å². The van der Waals surface area contributed by atoms with Gasteiger partial charge < -0.3 is 24.7 Å². The van der Waals surface area contributed by atoms with Gasteiger partial charge in [-0.25, -0.2) is 4.39 Å². The summed E-state index contributed by atoms with van der Waals surface area (Å²) in [4.78, 5) is 26.9. The van der Waals surface area contributed by atoms with Crippen molar-refractivity contribution in [3.05, 3.63) is 54.6 Å². The average Bonchev–Trinajstić information content (AvgIpc) is 3.68. The highest BCUT2D eigenvalue weighted by atomic mass is 19.4. The van der Waals surface area contributed by atoms with Crippen LogP contribution in [0.25, 0.3) is 33.0 Å². The van der Waals surface area contributed by atoms with Crippen molar-refractivity contribution in [1.82, 2.24) is 19.8 Å². The van der Waals surface area contributed by atoms with Crippen molar-refractivity contribution in [3.63, 3.8) is 0 Å². The van der Waals surface area contributed by atoms with E-state index in [0.717, 1.165) is 6.07 Å². The van der Waals surface area contributed by atoms with E-state index in [-0.39, 0.29) is 78.5 Å². The van der Waals surface area contributed by atoms with E-state index in [9.17, 15) is 32.9 Å². The maximum atomic E-state index is 14.2. The minimum Gasteiger partial charge on any atom is -0.463 e. The molecule has 1 amide bonds. The number of likely N-dealkylation sites (N-methyl/N-ethyl adjacent to an activating group) is 1. The molecule has 6 rings (SSSR count). The largest absolute Gasteiger partial charge is 0.463 e. The van der Waals surface area contributed by atoms with Gasteiger partial charge in [-0.3, -0.25) is 9.69 Å². The molecule has 0 saturated carbocycles. The van der Waals surface area contributed by atoms with Gasteiger partial charge in [-0.1, -0.05) is 6.58 Å². The summed E-state index contributed by atoms with van der Waals surface area (Å²) in [5, 5.41) is 19.6. The molecule has 2 saturated heterocycles. The Morgan fingerprint density at radius 2 is 1.94 bits per heavy atom. The van der Waals surface area contributed by atoms with Crippen LogP contribution < -0.4 is 15.4 Å². The number of rotatable bonds is 7. The summed E-state index contributed by atoms with van der Waals surface area (Å²) in [6.45, 7) is 4.10. The number of nitrogen functional groups attached to an aromatic ring is 1. The van der Waals surface area contributed by atoms with Gasteiger partial charge in [-0.2, -0.15) is 33.7 Å². The average molecular weight is 663 g/mol. The van der Waals surface area contributed by atoms with Crippen LogP contribution in [-0.2, 0) is 11.0 Å². The van der Waals surface area contributed by atoms with Crippen molar-refractivity contribution in [1.29, 1.82) is 10.5 Å². The number of ether oxygens (including phenoxy) is 1. The fourth-order valence-corrected chi connectivity index (χ4v) is 6.53. The molecule has 0 unspecified atom stereocenters. The van der Waals surface area contributed by atoms with Crippen molar-refractivity contribution >= 4 is 39.3 Å². The molecule has 0 aliphatic carbocycles. The minimum atomic E-state index is -4.69. The predicted octanol–water partition coefficient (Wildman–Crippen LogP) is 5.28. The highest BCUT2D eigenvalue weighted by molar-refractivity contribution is 6.14. The van der Waals surface area contributed by atoms with Gasteiger partial charge in [0, 0.05) is 43.3 Å². The zero-order chi connectivity index (χ0) is 34.3. The van der Waals surface area contributed by atoms with Gasteiger partial charge in [-0.05, 0) is 54.9 Å². The van der Waals surface area contributed by atoms with Crippen LogP contribution in [0.2, 0.25) is 0 Å². The summed E-state index contributed by atoms with van der Waals surface area (Å²) in [7, 11) is 1.88. The molecule has 2 N–H and O–H groups in total. The zero-order valence-corrected chi connectivity index (χ0v) is 25.8. The van der Waals surface area contributed by atoms with Gasteiger partial charge >= 0.3 is 12.2 Å². The lowest BCUT2D eigenvalue weighted by Crippen LogP contribution is -2.55. The minimum absolute atomic E-state index is 0.0375. The van der Waals surface area contributed by atoms with Crippen LogP contribution >= 0.6 is 0 Å². The van der Waals surface area contributed by atoms with E-state index in [1.165, 1.54) is 29.4 Å². The van der Waals surface area contributed by atoms with Crippen LogP contribution in [0.15, 0.2) is 53.4 Å². The van der Waals surface area contributed by atoms with Crippen LogP contribution in [0.3, 0.4) is 0 Å². The monoisotopic (exact) mass is 662 g/mol. The third-order valence-corrected chi connectivity index (χ3v) is 8.88. The molecule has 15 heteroatoms. The number of aromatic nitrogens is 2. The van der Waals surface area contributed by atoms with E-state index >= 15 is 0 Å². The Morgan fingerprint density at radius 1 is 1.15 bits per heavy atom. The van der Waals surface area contributed by atoms with E-state index in [4.69, 9.17) is 19.9 Å². The number of nitriles is 2. The Morgan fingerprint density at radius 3 is 2.62 bits per heavy atom. The van der Waals surface area contributed by atoms with Crippen LogP contribution in [-0.4, -0.2) is 77.6 Å². The number of piperazine rings is 1. The second-order valence-corrected chi connectivity index (χ2v) is 11.9. The molecule has 2 fully saturated rings. The van der Waals surface area contributed by atoms with Gasteiger partial charge in [0.1, 0.15) is 18.0 Å². The fraction of sp³-hybridized carbons (Fsp3) is 0.364. The number of nitrogens with two attached hydrogens (primary N) is 1. The number of furan rings is 1. The third kappa shape index (κ3) is 6.04. The predicted molar refractivity (Wildman–Crippen MR) is 168 cm³/mol. The Hall–Kier alpha value is -5.41. The van der Waals surface area contributed by atoms with Crippen LogP contribution in [0, 0.1) is 28.6 Å². The lowest BCUT2D eigenvalue weighted by Gasteiger charge is -2.41. The quantitative estimate of drug-likeness (QED) is 0.157. The summed E-state index contributed by atoms with van der Waals surface area (Å²) in [6.07, 6.45) is -2.87. The van der Waals surface area contributed by atoms with E-state index in [0.29, 0.717) is 29.6 Å². The van der Waals surface area contributed by atoms with Gasteiger partial charge in [-0.15, -0.1) is 0 Å². The molecule has 4 aromatic rings. The SMILES string of the molecule is C=C(F)C(=O)N1CCN(c2nc(OC[C@@H]3C[C@@H](C#N)CN3C)nc3cc(-c4cc(N)ccc4C(F)(F)F)c4ccoc4c23)C[C@@H]1CC#N. The molecule has 48 heavy (non-hydrogen) atoms. The van der Waals surface area contributed by atoms with Gasteiger partial charge in [0.05, 0.1) is 53.2 Å². The maximum Gasteiger partial charge on any atom is 0.417 e. The first-order valence-corrected chi connectivity index (χ1v) is 15.1. The van der Waals surface area contributed by atoms with Crippen molar-refractivity contribution in [2.24, 2.45) is 5.92 Å². The number of likely N-dealkylation sites (tertiary alicyclic amines) is 1. The number of hydrogen-bond acceptors (Lipinski definition) is 10. The lowest BCUT2D eigenvalue weighted by atomic mass is 9.94. The molecule has 3 atom stereocenters. The van der Waals surface area contributed by atoms with Crippen molar-refractivity contribution in [2.75, 3.05) is 50.5 Å². The first-order chi connectivity index (χ1) is 22.9. The standard InChI is InChI=1S/C33H30F4N8O3/c1-18(34)31(46)45-9-8-44(16-21(45)5-7-38)30-28-27(41-32(42-30)48-17-22-11-19(14-39)15-43(22)2)13-24(23-6-10-47-29(23)28)25-12-20(40)3-4-26(25)33(35,36)37/h3-4,6,10,12-13,19,21-22H,1,5,8-9,11,15-17,40H2,2H3/t19-,21-,22-/m0/s1. The topological polar surface area (TPSA) is 149 Å². The third-order valence-electron chi connectivity index (χ3n) is 8.88. The molecule has 2 aromatic carbocycles. The zero-order valence-electron chi connectivity index (χ0n) is 25.8. The summed E-state index contributed by atoms with van der Waals surface area (Å²) in [5.74, 6) is -1.92. The molecular formula is C33H30F4N8O3. The second-order valence-electron chi connectivity index (χ2n) is 11.9. The number of benzene rings is 2. The van der Waals surface area contributed by atoms with Crippen LogP contribution in [0.4, 0.5) is 29.1 Å². The molecular weight excluding hydrogens is 632 g/mol. The highest BCUT2D eigenvalue weighted by Gasteiger charge is 2.37. The molecule has 11 nitrogen and oxygen atoms in total. The number of amides is 1. The van der Waals surface area contributed by atoms with Crippen molar-refractivity contribution in [2.45, 2.75) is 31.1 Å². The molecule has 0 spiro atoms. The number of carbonyl (C=O) groups is 1. The number of anilines is 2. The first-order valence-electron chi connectivity index (χ1n) is 15.1. The fourth-order valence-electron chi connectivity index (χ4n) is 6.53. The molecule has 2 aromatic heterocycles. The maximum absolute atomic E-state index is 14.2. The molecule has 4 heterocycles. The highest BCUT2D eigenvalue weighted by Crippen LogP contribution is 2.44. The van der Waals surface area contributed by atoms with Crippen LogP contribution in [0.5, 0.6) is 6.01 Å². The Bertz CT molecular complexity index is 2000. The second kappa shape index (κ2) is 12.7. The number of nitrogens with zero attached hydrogens (tertiary/aromatic N) is 7. The number of carbonyl (C=O) groups excluding carboxylic acids is 1. The van der Waals surface area contributed by atoms with Gasteiger partial charge in [0.2, 0.25) is 0 Å². The van der Waals surface area contributed by atoms with Crippen molar-refractivity contribution < 1.29 is 31.5 Å². The molecule has 0 bridgehead atoms. The normalized spacial score (nSPS) is 20.2. The van der Waals surface area contributed by atoms with E-state index < -0.39 is 29.5 Å². The number of hydrogen-bond donors (Lipinski definition) is 1. The number of fused-ring (bicyclic) bond motifs is 3. The summed E-state index contributed by atoms with van der Waals surface area (Å²) < 4.78 is 68.5. The molecule has 2 aliphatic heterocycles. The Labute approximate surface area is 272 Å². The number of halogens is 4. The summed E-state index contributed by atoms with van der Waals surface area (Å²) in [6, 6.07) is 9.82. The first kappa shape index (κ1) is 32.5. The van der Waals surface area contributed by atoms with Gasteiger partial charge in [0.25, 0.3) is 5.91 Å². The van der Waals surface area contributed by atoms with Crippen molar-refractivity contribution in [3.8, 4) is 29.3 Å². The Kier molecular flexibility index (Phi) is 8.57. The Balaban J connectivity index is 1.51. The van der Waals surface area contributed by atoms with Gasteiger partial charge in [0.15, 0.2) is 5.83 Å². The lowest BCUT2D eigenvalue weighted by molar-refractivity contribution is -0.137. The van der Waals surface area contributed by atoms with E-state index in [2.05, 4.69) is 17.6 Å². The summed E-state index contributed by atoms with van der Waals surface area (Å²) in [5.41, 5.74) is 5.62. The van der Waals surface area contributed by atoms with E-state index in [1.807, 2.05) is 18.0 Å². The van der Waals surface area contributed by atoms with E-state index in [1.54, 1.807) is 11.0 Å². The molecule has 2 aliphatic rings. The molecule has 248 valence electrons. The molecule has 0 radical (unpaired) electrons. The number of alkyl halides is 3. The smallest absolute Gasteiger partial charge is 0.417 e.